The summed E-state index contributed by atoms with van der Waals surface area (Å²) in [5.74, 6) is -0.373. The Morgan fingerprint density at radius 2 is 1.58 bits per heavy atom. The number of hydrogen-bond acceptors (Lipinski definition) is 6. The molecule has 0 radical (unpaired) electrons. The number of benzene rings is 2. The second-order valence-electron chi connectivity index (χ2n) is 9.03. The molecule has 10 heteroatoms. The lowest BCUT2D eigenvalue weighted by molar-refractivity contribution is 0.0952. The van der Waals surface area contributed by atoms with E-state index >= 15 is 0 Å². The van der Waals surface area contributed by atoms with Crippen LogP contribution in [0.3, 0.4) is 0 Å². The number of carbonyl (C=O) groups excluding carboxylic acids is 1. The Kier molecular flexibility index (Phi) is 7.06. The summed E-state index contributed by atoms with van der Waals surface area (Å²) in [7, 11) is -3.78. The number of amides is 1. The number of sulfone groups is 1. The summed E-state index contributed by atoms with van der Waals surface area (Å²) in [6.45, 7) is 0.496. The summed E-state index contributed by atoms with van der Waals surface area (Å²) >= 11 is 0. The third kappa shape index (κ3) is 4.95. The third-order valence-electron chi connectivity index (χ3n) is 6.54. The van der Waals surface area contributed by atoms with Crippen LogP contribution in [-0.2, 0) is 22.9 Å². The fourth-order valence-corrected chi connectivity index (χ4v) is 6.38. The maximum Gasteiger partial charge on any atom is 0.332 e. The van der Waals surface area contributed by atoms with Gasteiger partial charge in [-0.25, -0.2) is 13.2 Å². The highest BCUT2D eigenvalue weighted by molar-refractivity contribution is 7.91. The first-order valence-corrected chi connectivity index (χ1v) is 14.0. The van der Waals surface area contributed by atoms with Crippen LogP contribution in [0.5, 0.6) is 0 Å². The Labute approximate surface area is 219 Å². The van der Waals surface area contributed by atoms with E-state index in [1.807, 2.05) is 24.3 Å². The van der Waals surface area contributed by atoms with E-state index in [2.05, 4.69) is 10.3 Å². The first-order valence-electron chi connectivity index (χ1n) is 12.3. The van der Waals surface area contributed by atoms with Crippen molar-refractivity contribution < 1.29 is 13.2 Å². The molecule has 2 aromatic heterocycles. The van der Waals surface area contributed by atoms with E-state index in [1.54, 1.807) is 54.9 Å². The summed E-state index contributed by atoms with van der Waals surface area (Å²) < 4.78 is 28.1. The third-order valence-corrected chi connectivity index (χ3v) is 8.38. The van der Waals surface area contributed by atoms with E-state index in [4.69, 9.17) is 0 Å². The molecule has 0 aliphatic carbocycles. The minimum absolute atomic E-state index is 0.0169. The number of carbonyl (C=O) groups is 1. The van der Waals surface area contributed by atoms with E-state index in [-0.39, 0.29) is 41.9 Å². The number of aromatic nitrogens is 3. The molecule has 1 amide bonds. The number of nitrogens with one attached hydrogen (secondary N) is 1. The zero-order valence-corrected chi connectivity index (χ0v) is 21.4. The molecule has 38 heavy (non-hydrogen) atoms. The van der Waals surface area contributed by atoms with E-state index in [1.165, 1.54) is 4.57 Å². The van der Waals surface area contributed by atoms with Crippen LogP contribution in [0.1, 0.15) is 23.2 Å². The van der Waals surface area contributed by atoms with Crippen molar-refractivity contribution in [3.8, 4) is 22.3 Å². The molecule has 0 saturated heterocycles. The Balaban J connectivity index is 1.33. The summed E-state index contributed by atoms with van der Waals surface area (Å²) in [6, 6.07) is 19.5. The van der Waals surface area contributed by atoms with Gasteiger partial charge in [-0.3, -0.25) is 23.7 Å². The topological polar surface area (TPSA) is 120 Å². The van der Waals surface area contributed by atoms with Gasteiger partial charge in [0.25, 0.3) is 11.5 Å². The van der Waals surface area contributed by atoms with Crippen LogP contribution in [0.4, 0.5) is 0 Å². The molecule has 1 N–H and O–H groups in total. The van der Waals surface area contributed by atoms with Crippen molar-refractivity contribution in [1.29, 1.82) is 0 Å². The van der Waals surface area contributed by atoms with Gasteiger partial charge in [-0.1, -0.05) is 42.5 Å². The zero-order valence-electron chi connectivity index (χ0n) is 20.5. The highest BCUT2D eigenvalue weighted by Gasteiger charge is 2.32. The molecule has 4 aromatic rings. The number of pyridine rings is 1. The molecule has 0 saturated carbocycles. The fraction of sp³-hybridized carbons (Fsp3) is 0.214. The molecule has 0 fully saturated rings. The Morgan fingerprint density at radius 3 is 2.29 bits per heavy atom. The number of nitrogens with zero attached hydrogens (tertiary/aromatic N) is 3. The van der Waals surface area contributed by atoms with Gasteiger partial charge in [-0.15, -0.1) is 0 Å². The minimum Gasteiger partial charge on any atom is -0.352 e. The predicted molar refractivity (Wildman–Crippen MR) is 144 cm³/mol. The molecule has 3 heterocycles. The van der Waals surface area contributed by atoms with Crippen LogP contribution in [0, 0.1) is 0 Å². The van der Waals surface area contributed by atoms with Crippen molar-refractivity contribution in [3.05, 3.63) is 106 Å². The molecule has 0 unspecified atom stereocenters. The highest BCUT2D eigenvalue weighted by atomic mass is 32.2. The van der Waals surface area contributed by atoms with Crippen molar-refractivity contribution in [3.63, 3.8) is 0 Å². The van der Waals surface area contributed by atoms with Crippen LogP contribution in [0.25, 0.3) is 22.3 Å². The molecule has 9 nitrogen and oxygen atoms in total. The van der Waals surface area contributed by atoms with Gasteiger partial charge in [0.15, 0.2) is 14.9 Å². The molecule has 0 bridgehead atoms. The lowest BCUT2D eigenvalue weighted by Crippen LogP contribution is -2.45. The van der Waals surface area contributed by atoms with Gasteiger partial charge >= 0.3 is 5.69 Å². The van der Waals surface area contributed by atoms with Gasteiger partial charge in [-0.05, 0) is 53.8 Å². The first-order chi connectivity index (χ1) is 18.4. The SMILES string of the molecule is O=C(NCCCn1c(=O)c(-c2ccccc2)c2n(c1=O)CCCS2(=O)=O)c1ccc(-c2ccncc2)cc1. The molecule has 194 valence electrons. The second kappa shape index (κ2) is 10.6. The Morgan fingerprint density at radius 1 is 0.895 bits per heavy atom. The van der Waals surface area contributed by atoms with Crippen LogP contribution < -0.4 is 16.6 Å². The maximum absolute atomic E-state index is 13.4. The average Bonchev–Trinajstić information content (AvgIpc) is 2.94. The van der Waals surface area contributed by atoms with Crippen molar-refractivity contribution in [2.45, 2.75) is 31.0 Å². The number of rotatable bonds is 7. The molecular weight excluding hydrogens is 504 g/mol. The lowest BCUT2D eigenvalue weighted by Gasteiger charge is -2.23. The number of hydrogen-bond donors (Lipinski definition) is 1. The van der Waals surface area contributed by atoms with Crippen LogP contribution in [0.2, 0.25) is 0 Å². The van der Waals surface area contributed by atoms with Crippen LogP contribution in [-0.4, -0.2) is 40.7 Å². The zero-order chi connectivity index (χ0) is 26.7. The smallest absolute Gasteiger partial charge is 0.332 e. The van der Waals surface area contributed by atoms with Gasteiger partial charge in [0.05, 0.1) is 11.3 Å². The maximum atomic E-state index is 13.4. The van der Waals surface area contributed by atoms with E-state index in [9.17, 15) is 22.8 Å². The van der Waals surface area contributed by atoms with Gasteiger partial charge in [0.2, 0.25) is 0 Å². The summed E-state index contributed by atoms with van der Waals surface area (Å²) in [6.07, 6.45) is 4.03. The lowest BCUT2D eigenvalue weighted by atomic mass is 10.0. The van der Waals surface area contributed by atoms with Crippen LogP contribution in [0.15, 0.2) is 93.7 Å². The quantitative estimate of drug-likeness (QED) is 0.290. The summed E-state index contributed by atoms with van der Waals surface area (Å²) in [5.41, 5.74) is 1.63. The molecule has 2 aromatic carbocycles. The van der Waals surface area contributed by atoms with Gasteiger partial charge in [0, 0.05) is 37.6 Å². The van der Waals surface area contributed by atoms with Crippen LogP contribution >= 0.6 is 0 Å². The second-order valence-corrected chi connectivity index (χ2v) is 11.1. The molecule has 1 aliphatic rings. The summed E-state index contributed by atoms with van der Waals surface area (Å²) in [4.78, 5) is 43.2. The van der Waals surface area contributed by atoms with Crippen molar-refractivity contribution in [2.75, 3.05) is 12.3 Å². The normalized spacial score (nSPS) is 14.0. The van der Waals surface area contributed by atoms with Crippen molar-refractivity contribution >= 4 is 15.7 Å². The van der Waals surface area contributed by atoms with Crippen molar-refractivity contribution in [1.82, 2.24) is 19.4 Å². The highest BCUT2D eigenvalue weighted by Crippen LogP contribution is 2.27. The van der Waals surface area contributed by atoms with E-state index < -0.39 is 21.1 Å². The molecule has 5 rings (SSSR count). The predicted octanol–water partition coefficient (Wildman–Crippen LogP) is 2.74. The molecule has 0 spiro atoms. The number of fused-ring (bicyclic) bond motifs is 1. The van der Waals surface area contributed by atoms with Crippen molar-refractivity contribution in [2.24, 2.45) is 0 Å². The van der Waals surface area contributed by atoms with Gasteiger partial charge in [-0.2, -0.15) is 0 Å². The molecule has 0 atom stereocenters. The summed E-state index contributed by atoms with van der Waals surface area (Å²) in [5, 5.41) is 2.62. The minimum atomic E-state index is -3.78. The van der Waals surface area contributed by atoms with Gasteiger partial charge in [0.1, 0.15) is 0 Å². The fourth-order valence-electron chi connectivity index (χ4n) is 4.66. The average molecular weight is 531 g/mol. The molecule has 1 aliphatic heterocycles. The van der Waals surface area contributed by atoms with E-state index in [0.29, 0.717) is 24.0 Å². The Bertz CT molecular complexity index is 1690. The monoisotopic (exact) mass is 530 g/mol. The molecular formula is C28H26N4O5S. The Hall–Kier alpha value is -4.31. The first kappa shape index (κ1) is 25.3. The standard InChI is InChI=1S/C28H26N4O5S/c33-25(23-10-8-20(9-11-23)21-12-15-29-16-13-21)30-14-4-17-31-26(34)24(22-6-2-1-3-7-22)27-32(28(31)35)18-5-19-38(27,36)37/h1-3,6-13,15-16H,4-5,14,17-19H2,(H,30,33). The largest absolute Gasteiger partial charge is 0.352 e. The van der Waals surface area contributed by atoms with E-state index in [0.717, 1.165) is 15.7 Å². The van der Waals surface area contributed by atoms with Gasteiger partial charge < -0.3 is 5.32 Å².